The molecule has 4 aromatic rings. The fraction of sp³-hybridized carbons (Fsp3) is 0.684. The van der Waals surface area contributed by atoms with Crippen LogP contribution in [0.15, 0.2) is 97.1 Å². The molecule has 4 aromatic carbocycles. The Bertz CT molecular complexity index is 1890. The lowest BCUT2D eigenvalue weighted by Gasteiger charge is -2.39. The van der Waals surface area contributed by atoms with Gasteiger partial charge in [0.25, 0.3) is 0 Å². The maximum Gasteiger partial charge on any atom is 0.0867 e. The second kappa shape index (κ2) is 40.2. The molecule has 0 aliphatic heterocycles. The monoisotopic (exact) mass is 1220 g/mol. The highest BCUT2D eigenvalue weighted by atomic mass is 31.1. The fourth-order valence-electron chi connectivity index (χ4n) is 15.0. The predicted octanol–water partition coefficient (Wildman–Crippen LogP) is 22.3. The minimum Gasteiger partial charge on any atom is -0.0654 e. The quantitative estimate of drug-likeness (QED) is 0.0305. The van der Waals surface area contributed by atoms with E-state index in [1.54, 1.807) is 21.2 Å². The molecule has 0 saturated heterocycles. The number of unbranched alkanes of at least 4 members (excludes halogenated alkanes) is 12. The molecule has 0 nitrogen and oxygen atoms in total. The summed E-state index contributed by atoms with van der Waals surface area (Å²) in [6, 6.07) is 61.0. The number of hydrogen-bond acceptors (Lipinski definition) is 0. The minimum absolute atomic E-state index is 0.499. The van der Waals surface area contributed by atoms with E-state index in [1.165, 1.54) is 227 Å². The van der Waals surface area contributed by atoms with Gasteiger partial charge in [0, 0.05) is 0 Å². The van der Waals surface area contributed by atoms with Crippen molar-refractivity contribution in [2.45, 2.75) is 335 Å². The first-order valence-electron chi connectivity index (χ1n) is 35.9. The molecule has 0 aliphatic rings. The van der Waals surface area contributed by atoms with E-state index in [2.05, 4.69) is 194 Å². The first-order valence-corrected chi connectivity index (χ1v) is 49.2. The van der Waals surface area contributed by atoms with Gasteiger partial charge in [-0.1, -0.05) is 441 Å². The lowest BCUT2D eigenvalue weighted by Crippen LogP contribution is -2.49. The molecule has 0 spiro atoms. The molecular weight excluding hydrogens is 1090 g/mol. The van der Waals surface area contributed by atoms with Crippen molar-refractivity contribution >= 4 is 90.1 Å². The molecule has 0 N–H and O–H groups in total. The van der Waals surface area contributed by atoms with Gasteiger partial charge in [-0.15, -0.1) is 0 Å². The lowest BCUT2D eigenvalue weighted by molar-refractivity contribution is 0.800. The number of hydrogen-bond donors (Lipinski definition) is 0. The summed E-state index contributed by atoms with van der Waals surface area (Å²) in [6.45, 7) is 35.0. The highest BCUT2D eigenvalue weighted by Crippen LogP contribution is 2.52. The standard InChI is InChI=1S/C76H132P2Si4/c1-15-27-51-79(52-28-16-2,53-29-17-3)73-47-39-43-69(63-73)77(70-44-40-48-74(64-70)80(54-30-18-4,55-31-19-5)56-32-20-6)67(13)68(14)78(71-45-41-49-75(65-71)81(57-33-21-7,58-34-22-8)59-35-23-9)72-46-42-50-76(66-72)82(60-36-24-10,61-37-25-11)62-38-26-12/h39-50,63-68H,15-38,51-62H2,1-14H3. The molecule has 0 radical (unpaired) electrons. The Morgan fingerprint density at radius 1 is 0.244 bits per heavy atom. The first kappa shape index (κ1) is 73.1. The van der Waals surface area contributed by atoms with Gasteiger partial charge in [0.2, 0.25) is 0 Å². The second-order valence-electron chi connectivity index (χ2n) is 26.8. The average Bonchev–Trinajstić information content (AvgIpc) is 3.58. The van der Waals surface area contributed by atoms with Gasteiger partial charge < -0.3 is 0 Å². The van der Waals surface area contributed by atoms with Crippen molar-refractivity contribution in [3.63, 3.8) is 0 Å². The molecule has 2 unspecified atom stereocenters. The van der Waals surface area contributed by atoms with Crippen LogP contribution in [0.25, 0.3) is 0 Å². The zero-order valence-electron chi connectivity index (χ0n) is 56.7. The summed E-state index contributed by atoms with van der Waals surface area (Å²) in [5.41, 5.74) is 0.999. The highest BCUT2D eigenvalue weighted by Gasteiger charge is 2.41. The van der Waals surface area contributed by atoms with Crippen LogP contribution in [0.5, 0.6) is 0 Å². The molecule has 0 bridgehead atoms. The molecule has 0 fully saturated rings. The third-order valence-electron chi connectivity index (χ3n) is 20.6. The normalized spacial score (nSPS) is 13.4. The van der Waals surface area contributed by atoms with Crippen molar-refractivity contribution in [3.8, 4) is 0 Å². The average molecular weight is 1220 g/mol. The summed E-state index contributed by atoms with van der Waals surface area (Å²) >= 11 is 0. The zero-order valence-corrected chi connectivity index (χ0v) is 62.5. The van der Waals surface area contributed by atoms with Crippen LogP contribution in [0.4, 0.5) is 0 Å². The van der Waals surface area contributed by atoms with Gasteiger partial charge >= 0.3 is 0 Å². The van der Waals surface area contributed by atoms with E-state index in [0.717, 1.165) is 0 Å². The first-order chi connectivity index (χ1) is 39.9. The summed E-state index contributed by atoms with van der Waals surface area (Å²) in [7, 11) is -8.46. The molecule has 462 valence electrons. The van der Waals surface area contributed by atoms with Gasteiger partial charge in [0.15, 0.2) is 0 Å². The van der Waals surface area contributed by atoms with Crippen LogP contribution >= 0.6 is 15.8 Å². The summed E-state index contributed by atoms with van der Waals surface area (Å²) in [5.74, 6) is 0. The van der Waals surface area contributed by atoms with Crippen molar-refractivity contribution in [3.05, 3.63) is 97.1 Å². The third-order valence-corrected chi connectivity index (χ3v) is 48.5. The predicted molar refractivity (Wildman–Crippen MR) is 395 cm³/mol. The van der Waals surface area contributed by atoms with Gasteiger partial charge in [-0.05, 0) is 48.4 Å². The molecule has 0 amide bonds. The van der Waals surface area contributed by atoms with Crippen LogP contribution < -0.4 is 42.0 Å². The van der Waals surface area contributed by atoms with E-state index in [9.17, 15) is 0 Å². The smallest absolute Gasteiger partial charge is 0.0654 e. The van der Waals surface area contributed by atoms with Crippen LogP contribution in [0.2, 0.25) is 72.5 Å². The molecule has 4 rings (SSSR count). The van der Waals surface area contributed by atoms with Crippen molar-refractivity contribution in [2.24, 2.45) is 0 Å². The fourth-order valence-corrected chi connectivity index (χ4v) is 44.2. The van der Waals surface area contributed by atoms with Crippen LogP contribution in [0, 0.1) is 0 Å². The summed E-state index contributed by atoms with van der Waals surface area (Å²) in [4.78, 5) is 0. The largest absolute Gasteiger partial charge is 0.0867 e. The maximum absolute atomic E-state index is 2.93. The van der Waals surface area contributed by atoms with Crippen molar-refractivity contribution < 1.29 is 0 Å². The van der Waals surface area contributed by atoms with E-state index in [0.29, 0.717) is 11.3 Å². The Balaban J connectivity index is 2.20. The molecule has 0 heterocycles. The lowest BCUT2D eigenvalue weighted by atomic mass is 10.3. The summed E-state index contributed by atoms with van der Waals surface area (Å²) in [6.07, 6.45) is 32.3. The van der Waals surface area contributed by atoms with Crippen LogP contribution in [-0.2, 0) is 0 Å². The summed E-state index contributed by atoms with van der Waals surface area (Å²) < 4.78 is 0. The van der Waals surface area contributed by atoms with Gasteiger partial charge in [-0.3, -0.25) is 0 Å². The van der Waals surface area contributed by atoms with Gasteiger partial charge in [0.1, 0.15) is 0 Å². The Labute approximate surface area is 518 Å². The van der Waals surface area contributed by atoms with Crippen molar-refractivity contribution in [2.75, 3.05) is 0 Å². The van der Waals surface area contributed by atoms with E-state index in [4.69, 9.17) is 0 Å². The minimum atomic E-state index is -1.77. The van der Waals surface area contributed by atoms with Crippen LogP contribution in [0.3, 0.4) is 0 Å². The van der Waals surface area contributed by atoms with E-state index in [1.807, 2.05) is 20.7 Å². The molecule has 82 heavy (non-hydrogen) atoms. The third kappa shape index (κ3) is 20.9. The summed E-state index contributed by atoms with van der Waals surface area (Å²) in [5, 5.41) is 14.0. The molecule has 0 aliphatic carbocycles. The zero-order chi connectivity index (χ0) is 59.7. The van der Waals surface area contributed by atoms with Crippen molar-refractivity contribution in [1.82, 2.24) is 0 Å². The number of rotatable bonds is 47. The molecule has 2 atom stereocenters. The number of benzene rings is 4. The molecule has 0 saturated carbocycles. The Morgan fingerprint density at radius 3 is 0.524 bits per heavy atom. The maximum atomic E-state index is 2.93. The van der Waals surface area contributed by atoms with Crippen LogP contribution in [-0.4, -0.2) is 43.6 Å². The van der Waals surface area contributed by atoms with Gasteiger partial charge in [0.05, 0.1) is 32.3 Å². The Morgan fingerprint density at radius 2 is 0.390 bits per heavy atom. The SMILES string of the molecule is CCCC[Si](CCCC)(CCCC)c1cccc(P(c2cccc([Si](CCCC)(CCCC)CCCC)c2)C(C)C(C)P(c2cccc([Si](CCCC)(CCCC)CCCC)c2)c2cccc([Si](CCCC)(CCCC)CCCC)c2)c1. The van der Waals surface area contributed by atoms with Crippen molar-refractivity contribution in [1.29, 1.82) is 0 Å². The molecular formula is C76H132P2Si4. The highest BCUT2D eigenvalue weighted by molar-refractivity contribution is 7.77. The van der Waals surface area contributed by atoms with Gasteiger partial charge in [-0.2, -0.15) is 0 Å². The topological polar surface area (TPSA) is 0 Å². The van der Waals surface area contributed by atoms with E-state index >= 15 is 0 Å². The second-order valence-corrected chi connectivity index (χ2v) is 50.5. The Kier molecular flexibility index (Phi) is 35.8. The van der Waals surface area contributed by atoms with E-state index < -0.39 is 48.1 Å². The van der Waals surface area contributed by atoms with E-state index in [-0.39, 0.29) is 0 Å². The molecule has 6 heteroatoms. The molecule has 0 aromatic heterocycles. The Hall–Kier alpha value is -1.39. The van der Waals surface area contributed by atoms with Gasteiger partial charge in [-0.25, -0.2) is 0 Å². The van der Waals surface area contributed by atoms with Crippen LogP contribution in [0.1, 0.15) is 251 Å².